The number of nitrogens with zero attached hydrogens (tertiary/aromatic N) is 1. The van der Waals surface area contributed by atoms with Gasteiger partial charge in [-0.2, -0.15) is 0 Å². The molecule has 1 aliphatic carbocycles. The van der Waals surface area contributed by atoms with Crippen molar-refractivity contribution in [2.75, 3.05) is 13.6 Å². The fourth-order valence-electron chi connectivity index (χ4n) is 3.49. The van der Waals surface area contributed by atoms with Crippen LogP contribution in [0.4, 0.5) is 0 Å². The highest BCUT2D eigenvalue weighted by atomic mass is 16.3. The molecule has 2 aromatic carbocycles. The van der Waals surface area contributed by atoms with Crippen LogP contribution in [0.15, 0.2) is 65.3 Å². The molecular formula is C20H21NO. The fraction of sp³-hybridized carbons (Fsp3) is 0.300. The van der Waals surface area contributed by atoms with Gasteiger partial charge in [0.15, 0.2) is 0 Å². The second kappa shape index (κ2) is 5.62. The molecule has 2 nitrogen and oxygen atoms in total. The third kappa shape index (κ3) is 2.67. The van der Waals surface area contributed by atoms with Crippen LogP contribution < -0.4 is 0 Å². The van der Waals surface area contributed by atoms with Crippen molar-refractivity contribution in [1.82, 2.24) is 4.90 Å². The largest absolute Gasteiger partial charge is 0.464 e. The van der Waals surface area contributed by atoms with Gasteiger partial charge < -0.3 is 9.32 Å². The van der Waals surface area contributed by atoms with Crippen LogP contribution in [0.3, 0.4) is 0 Å². The van der Waals surface area contributed by atoms with Gasteiger partial charge in [-0.05, 0) is 36.9 Å². The first-order valence-electron chi connectivity index (χ1n) is 8.00. The maximum absolute atomic E-state index is 5.63. The van der Waals surface area contributed by atoms with Crippen molar-refractivity contribution in [2.45, 2.75) is 18.9 Å². The minimum Gasteiger partial charge on any atom is -0.464 e. The molecule has 0 bridgehead atoms. The van der Waals surface area contributed by atoms with E-state index in [2.05, 4.69) is 60.5 Å². The van der Waals surface area contributed by atoms with Gasteiger partial charge >= 0.3 is 0 Å². The summed E-state index contributed by atoms with van der Waals surface area (Å²) in [5.74, 6) is 1.55. The predicted molar refractivity (Wildman–Crippen MR) is 89.8 cm³/mol. The van der Waals surface area contributed by atoms with Crippen molar-refractivity contribution in [2.24, 2.45) is 5.92 Å². The predicted octanol–water partition coefficient (Wildman–Crippen LogP) is 4.67. The summed E-state index contributed by atoms with van der Waals surface area (Å²) in [7, 11) is 2.21. The number of hydrogen-bond acceptors (Lipinski definition) is 2. The zero-order valence-corrected chi connectivity index (χ0v) is 12.9. The molecule has 4 rings (SSSR count). The molecule has 0 saturated heterocycles. The Morgan fingerprint density at radius 1 is 1.05 bits per heavy atom. The standard InChI is InChI=1S/C20H21NO/c1-21(13-17-9-5-8-16-10-11-22-20(16)17)14-18-12-19(18)15-6-3-2-4-7-15/h2-11,18-19H,12-14H2,1H3/t18-,19-/m0/s1. The molecule has 0 radical (unpaired) electrons. The van der Waals surface area contributed by atoms with Crippen LogP contribution >= 0.6 is 0 Å². The SMILES string of the molecule is CN(Cc1cccc2ccoc12)C[C@@H]1C[C@H]1c1ccccc1. The minimum atomic E-state index is 0.753. The molecular weight excluding hydrogens is 270 g/mol. The summed E-state index contributed by atoms with van der Waals surface area (Å²) in [6.07, 6.45) is 3.10. The molecule has 3 aromatic rings. The third-order valence-corrected chi connectivity index (χ3v) is 4.70. The van der Waals surface area contributed by atoms with E-state index in [0.717, 1.165) is 30.5 Å². The molecule has 0 N–H and O–H groups in total. The van der Waals surface area contributed by atoms with E-state index in [4.69, 9.17) is 4.42 Å². The molecule has 22 heavy (non-hydrogen) atoms. The van der Waals surface area contributed by atoms with E-state index in [-0.39, 0.29) is 0 Å². The number of rotatable bonds is 5. The molecule has 2 heteroatoms. The van der Waals surface area contributed by atoms with E-state index in [9.17, 15) is 0 Å². The molecule has 0 amide bonds. The monoisotopic (exact) mass is 291 g/mol. The van der Waals surface area contributed by atoms with Crippen molar-refractivity contribution in [3.05, 3.63) is 72.0 Å². The van der Waals surface area contributed by atoms with Gasteiger partial charge in [-0.25, -0.2) is 0 Å². The highest BCUT2D eigenvalue weighted by Crippen LogP contribution is 2.47. The van der Waals surface area contributed by atoms with Crippen LogP contribution in [-0.4, -0.2) is 18.5 Å². The Balaban J connectivity index is 1.40. The summed E-state index contributed by atoms with van der Waals surface area (Å²) in [6, 6.07) is 19.3. The van der Waals surface area contributed by atoms with Gasteiger partial charge in [0.1, 0.15) is 5.58 Å². The molecule has 1 fully saturated rings. The Morgan fingerprint density at radius 2 is 1.91 bits per heavy atom. The molecule has 1 saturated carbocycles. The highest BCUT2D eigenvalue weighted by Gasteiger charge is 2.38. The number of fused-ring (bicyclic) bond motifs is 1. The number of furan rings is 1. The van der Waals surface area contributed by atoms with Crippen LogP contribution in [0, 0.1) is 5.92 Å². The van der Waals surface area contributed by atoms with Gasteiger partial charge in [0.25, 0.3) is 0 Å². The third-order valence-electron chi connectivity index (χ3n) is 4.70. The molecule has 2 atom stereocenters. The van der Waals surface area contributed by atoms with Crippen molar-refractivity contribution < 1.29 is 4.42 Å². The quantitative estimate of drug-likeness (QED) is 0.679. The van der Waals surface area contributed by atoms with Crippen LogP contribution in [-0.2, 0) is 6.54 Å². The van der Waals surface area contributed by atoms with Gasteiger partial charge in [0.2, 0.25) is 0 Å². The summed E-state index contributed by atoms with van der Waals surface area (Å²) in [4.78, 5) is 2.42. The van der Waals surface area contributed by atoms with Crippen molar-refractivity contribution in [3.8, 4) is 0 Å². The number of para-hydroxylation sites is 1. The Morgan fingerprint density at radius 3 is 2.77 bits per heavy atom. The van der Waals surface area contributed by atoms with Crippen molar-refractivity contribution in [3.63, 3.8) is 0 Å². The molecule has 112 valence electrons. The molecule has 1 heterocycles. The number of benzene rings is 2. The van der Waals surface area contributed by atoms with Gasteiger partial charge in [0, 0.05) is 24.0 Å². The van der Waals surface area contributed by atoms with E-state index in [1.54, 1.807) is 6.26 Å². The van der Waals surface area contributed by atoms with Gasteiger partial charge in [-0.15, -0.1) is 0 Å². The normalized spacial score (nSPS) is 20.6. The zero-order chi connectivity index (χ0) is 14.9. The van der Waals surface area contributed by atoms with Crippen molar-refractivity contribution in [1.29, 1.82) is 0 Å². The smallest absolute Gasteiger partial charge is 0.138 e. The summed E-state index contributed by atoms with van der Waals surface area (Å²) < 4.78 is 5.63. The topological polar surface area (TPSA) is 16.4 Å². The first-order valence-corrected chi connectivity index (χ1v) is 8.00. The first-order chi connectivity index (χ1) is 10.8. The Labute approximate surface area is 131 Å². The zero-order valence-electron chi connectivity index (χ0n) is 12.9. The molecule has 1 aromatic heterocycles. The van der Waals surface area contributed by atoms with E-state index >= 15 is 0 Å². The summed E-state index contributed by atoms with van der Waals surface area (Å²) in [5.41, 5.74) is 3.81. The van der Waals surface area contributed by atoms with E-state index in [1.807, 2.05) is 6.07 Å². The van der Waals surface area contributed by atoms with E-state index < -0.39 is 0 Å². The van der Waals surface area contributed by atoms with Crippen LogP contribution in [0.1, 0.15) is 23.5 Å². The average Bonchev–Trinajstić information content (AvgIpc) is 3.12. The maximum Gasteiger partial charge on any atom is 0.138 e. The van der Waals surface area contributed by atoms with E-state index in [0.29, 0.717) is 0 Å². The Kier molecular flexibility index (Phi) is 3.47. The van der Waals surface area contributed by atoms with Crippen LogP contribution in [0.25, 0.3) is 11.0 Å². The minimum absolute atomic E-state index is 0.753. The Bertz CT molecular complexity index is 761. The van der Waals surface area contributed by atoms with Crippen molar-refractivity contribution >= 4 is 11.0 Å². The molecule has 1 aliphatic rings. The number of hydrogen-bond donors (Lipinski definition) is 0. The molecule has 0 aliphatic heterocycles. The van der Waals surface area contributed by atoms with Gasteiger partial charge in [-0.3, -0.25) is 0 Å². The van der Waals surface area contributed by atoms with Crippen LogP contribution in [0.5, 0.6) is 0 Å². The second-order valence-corrected chi connectivity index (χ2v) is 6.47. The fourth-order valence-corrected chi connectivity index (χ4v) is 3.49. The summed E-state index contributed by atoms with van der Waals surface area (Å²) >= 11 is 0. The van der Waals surface area contributed by atoms with E-state index in [1.165, 1.54) is 22.9 Å². The second-order valence-electron chi connectivity index (χ2n) is 6.47. The lowest BCUT2D eigenvalue weighted by molar-refractivity contribution is 0.310. The van der Waals surface area contributed by atoms with Crippen LogP contribution in [0.2, 0.25) is 0 Å². The lowest BCUT2D eigenvalue weighted by Gasteiger charge is -2.17. The average molecular weight is 291 g/mol. The van der Waals surface area contributed by atoms with Gasteiger partial charge in [-0.1, -0.05) is 48.5 Å². The lowest BCUT2D eigenvalue weighted by atomic mass is 10.1. The first kappa shape index (κ1) is 13.6. The molecule has 0 spiro atoms. The molecule has 0 unspecified atom stereocenters. The lowest BCUT2D eigenvalue weighted by Crippen LogP contribution is -2.21. The Hall–Kier alpha value is -2.06. The summed E-state index contributed by atoms with van der Waals surface area (Å²) in [5, 5.41) is 1.19. The summed E-state index contributed by atoms with van der Waals surface area (Å²) in [6.45, 7) is 2.10. The highest BCUT2D eigenvalue weighted by molar-refractivity contribution is 5.80. The maximum atomic E-state index is 5.63. The van der Waals surface area contributed by atoms with Gasteiger partial charge in [0.05, 0.1) is 6.26 Å².